The maximum Gasteiger partial charge on any atom is 0.416 e. The van der Waals surface area contributed by atoms with Crippen LogP contribution in [0.25, 0.3) is 0 Å². The number of nitrogens with one attached hydrogen (secondary N) is 1. The summed E-state index contributed by atoms with van der Waals surface area (Å²) in [4.78, 5) is 0. The number of aliphatic hydroxyl groups excluding tert-OH is 2. The summed E-state index contributed by atoms with van der Waals surface area (Å²) >= 11 is 5.70. The van der Waals surface area contributed by atoms with Crippen molar-refractivity contribution >= 4 is 17.3 Å². The Morgan fingerprint density at radius 3 is 2.53 bits per heavy atom. The molecule has 17 heavy (non-hydrogen) atoms. The van der Waals surface area contributed by atoms with Gasteiger partial charge in [-0.3, -0.25) is 0 Å². The van der Waals surface area contributed by atoms with E-state index in [0.29, 0.717) is 0 Å². The Hall–Kier alpha value is -0.980. The zero-order valence-corrected chi connectivity index (χ0v) is 9.39. The van der Waals surface area contributed by atoms with Crippen molar-refractivity contribution in [3.8, 4) is 0 Å². The molecule has 0 saturated carbocycles. The SMILES string of the molecule is OCC(O)CNc1cc(C(F)(F)F)ccc1Cl. The Morgan fingerprint density at radius 2 is 2.00 bits per heavy atom. The van der Waals surface area contributed by atoms with Gasteiger partial charge in [-0.15, -0.1) is 0 Å². The number of rotatable bonds is 4. The van der Waals surface area contributed by atoms with Crippen LogP contribution in [0, 0.1) is 0 Å². The minimum absolute atomic E-state index is 0.0639. The number of hydrogen-bond donors (Lipinski definition) is 3. The highest BCUT2D eigenvalue weighted by Crippen LogP contribution is 2.33. The number of benzene rings is 1. The first-order chi connectivity index (χ1) is 7.84. The van der Waals surface area contributed by atoms with Gasteiger partial charge in [0.2, 0.25) is 0 Å². The summed E-state index contributed by atoms with van der Waals surface area (Å²) in [6.07, 6.45) is -5.50. The van der Waals surface area contributed by atoms with Crippen molar-refractivity contribution in [2.24, 2.45) is 0 Å². The fourth-order valence-corrected chi connectivity index (χ4v) is 1.31. The molecule has 1 unspecified atom stereocenters. The molecule has 1 aromatic rings. The van der Waals surface area contributed by atoms with Gasteiger partial charge in [-0.1, -0.05) is 11.6 Å². The van der Waals surface area contributed by atoms with Gasteiger partial charge in [-0.05, 0) is 18.2 Å². The van der Waals surface area contributed by atoms with E-state index in [1.807, 2.05) is 0 Å². The summed E-state index contributed by atoms with van der Waals surface area (Å²) in [5.74, 6) is 0. The van der Waals surface area contributed by atoms with Gasteiger partial charge in [-0.2, -0.15) is 13.2 Å². The highest BCUT2D eigenvalue weighted by atomic mass is 35.5. The van der Waals surface area contributed by atoms with Gasteiger partial charge in [0, 0.05) is 6.54 Å². The van der Waals surface area contributed by atoms with Crippen molar-refractivity contribution in [3.63, 3.8) is 0 Å². The van der Waals surface area contributed by atoms with E-state index in [1.165, 1.54) is 0 Å². The molecule has 96 valence electrons. The van der Waals surface area contributed by atoms with Gasteiger partial charge in [0.05, 0.1) is 29.0 Å². The quantitative estimate of drug-likeness (QED) is 0.785. The zero-order valence-electron chi connectivity index (χ0n) is 8.63. The fourth-order valence-electron chi connectivity index (χ4n) is 1.13. The van der Waals surface area contributed by atoms with Gasteiger partial charge in [0.25, 0.3) is 0 Å². The normalized spacial score (nSPS) is 13.5. The lowest BCUT2D eigenvalue weighted by molar-refractivity contribution is -0.137. The van der Waals surface area contributed by atoms with Crippen LogP contribution in [-0.4, -0.2) is 29.5 Å². The first-order valence-electron chi connectivity index (χ1n) is 4.74. The van der Waals surface area contributed by atoms with Crippen molar-refractivity contribution in [2.45, 2.75) is 12.3 Å². The molecule has 0 aliphatic carbocycles. The molecule has 0 spiro atoms. The van der Waals surface area contributed by atoms with E-state index in [9.17, 15) is 13.2 Å². The van der Waals surface area contributed by atoms with Crippen molar-refractivity contribution < 1.29 is 23.4 Å². The van der Waals surface area contributed by atoms with Crippen LogP contribution in [0.3, 0.4) is 0 Å². The Bertz CT molecular complexity index is 384. The predicted octanol–water partition coefficient (Wildman–Crippen LogP) is 2.12. The second-order valence-corrected chi connectivity index (χ2v) is 3.82. The number of aliphatic hydroxyl groups is 2. The number of hydrogen-bond acceptors (Lipinski definition) is 3. The molecular formula is C10H11ClF3NO2. The lowest BCUT2D eigenvalue weighted by Gasteiger charge is -2.14. The molecule has 3 N–H and O–H groups in total. The summed E-state index contributed by atoms with van der Waals surface area (Å²) in [5, 5.41) is 20.3. The van der Waals surface area contributed by atoms with Crippen LogP contribution in [0.4, 0.5) is 18.9 Å². The van der Waals surface area contributed by atoms with Gasteiger partial charge in [-0.25, -0.2) is 0 Å². The molecule has 3 nitrogen and oxygen atoms in total. The van der Waals surface area contributed by atoms with Gasteiger partial charge < -0.3 is 15.5 Å². The molecule has 7 heteroatoms. The molecule has 1 aromatic carbocycles. The molecular weight excluding hydrogens is 259 g/mol. The maximum atomic E-state index is 12.4. The molecule has 0 aliphatic rings. The van der Waals surface area contributed by atoms with E-state index in [2.05, 4.69) is 5.32 Å². The third-order valence-corrected chi connectivity index (χ3v) is 2.36. The average Bonchev–Trinajstić information content (AvgIpc) is 2.26. The van der Waals surface area contributed by atoms with E-state index >= 15 is 0 Å². The molecule has 0 saturated heterocycles. The Morgan fingerprint density at radius 1 is 1.35 bits per heavy atom. The number of anilines is 1. The van der Waals surface area contributed by atoms with Crippen LogP contribution in [0.5, 0.6) is 0 Å². The molecule has 0 radical (unpaired) electrons. The Balaban J connectivity index is 2.84. The van der Waals surface area contributed by atoms with Gasteiger partial charge in [0.15, 0.2) is 0 Å². The fraction of sp³-hybridized carbons (Fsp3) is 0.400. The monoisotopic (exact) mass is 269 g/mol. The van der Waals surface area contributed by atoms with Crippen LogP contribution in [0.15, 0.2) is 18.2 Å². The molecule has 0 amide bonds. The summed E-state index contributed by atoms with van der Waals surface area (Å²) in [5.41, 5.74) is -0.767. The van der Waals surface area contributed by atoms with Crippen molar-refractivity contribution in [3.05, 3.63) is 28.8 Å². The summed E-state index contributed by atoms with van der Waals surface area (Å²) in [7, 11) is 0. The van der Waals surface area contributed by atoms with E-state index in [-0.39, 0.29) is 17.3 Å². The second-order valence-electron chi connectivity index (χ2n) is 3.41. The minimum Gasteiger partial charge on any atom is -0.394 e. The second kappa shape index (κ2) is 5.57. The van der Waals surface area contributed by atoms with Crippen LogP contribution in [0.1, 0.15) is 5.56 Å². The van der Waals surface area contributed by atoms with E-state index in [4.69, 9.17) is 21.8 Å². The smallest absolute Gasteiger partial charge is 0.394 e. The zero-order chi connectivity index (χ0) is 13.1. The topological polar surface area (TPSA) is 52.5 Å². The summed E-state index contributed by atoms with van der Waals surface area (Å²) in [6.45, 7) is -0.568. The minimum atomic E-state index is -4.45. The molecule has 1 atom stereocenters. The number of alkyl halides is 3. The van der Waals surface area contributed by atoms with E-state index < -0.39 is 24.5 Å². The summed E-state index contributed by atoms with van der Waals surface area (Å²) < 4.78 is 37.2. The molecule has 0 aromatic heterocycles. The molecule has 0 heterocycles. The first-order valence-corrected chi connectivity index (χ1v) is 5.12. The van der Waals surface area contributed by atoms with Crippen molar-refractivity contribution in [1.82, 2.24) is 0 Å². The Labute approximate surface area is 101 Å². The molecule has 1 rings (SSSR count). The van der Waals surface area contributed by atoms with E-state index in [0.717, 1.165) is 18.2 Å². The molecule has 0 bridgehead atoms. The first kappa shape index (κ1) is 14.1. The van der Waals surface area contributed by atoms with Crippen LogP contribution < -0.4 is 5.32 Å². The van der Waals surface area contributed by atoms with Crippen LogP contribution >= 0.6 is 11.6 Å². The molecule has 0 fully saturated rings. The molecule has 0 aliphatic heterocycles. The average molecular weight is 270 g/mol. The predicted molar refractivity (Wildman–Crippen MR) is 58.0 cm³/mol. The van der Waals surface area contributed by atoms with Crippen molar-refractivity contribution in [1.29, 1.82) is 0 Å². The third-order valence-electron chi connectivity index (χ3n) is 2.03. The highest BCUT2D eigenvalue weighted by molar-refractivity contribution is 6.33. The Kier molecular flexibility index (Phi) is 4.62. The van der Waals surface area contributed by atoms with Gasteiger partial charge in [0.1, 0.15) is 0 Å². The lowest BCUT2D eigenvalue weighted by atomic mass is 10.2. The summed E-state index contributed by atoms with van der Waals surface area (Å²) in [6, 6.07) is 2.85. The highest BCUT2D eigenvalue weighted by Gasteiger charge is 2.30. The van der Waals surface area contributed by atoms with E-state index in [1.54, 1.807) is 0 Å². The maximum absolute atomic E-state index is 12.4. The van der Waals surface area contributed by atoms with Crippen LogP contribution in [0.2, 0.25) is 5.02 Å². The lowest BCUT2D eigenvalue weighted by Crippen LogP contribution is -2.23. The largest absolute Gasteiger partial charge is 0.416 e. The standard InChI is InChI=1S/C10H11ClF3NO2/c11-8-2-1-6(10(12,13)14)3-9(8)15-4-7(17)5-16/h1-3,7,15-17H,4-5H2. The van der Waals surface area contributed by atoms with Crippen molar-refractivity contribution in [2.75, 3.05) is 18.5 Å². The third kappa shape index (κ3) is 4.07. The van der Waals surface area contributed by atoms with Gasteiger partial charge >= 0.3 is 6.18 Å². The van der Waals surface area contributed by atoms with Crippen LogP contribution in [-0.2, 0) is 6.18 Å². The number of halogens is 4.